The smallest absolute Gasteiger partial charge is 0.0424 e. The number of aromatic nitrogens is 1. The molecule has 0 saturated heterocycles. The van der Waals surface area contributed by atoms with Crippen LogP contribution in [0.2, 0.25) is 0 Å². The lowest BCUT2D eigenvalue weighted by Gasteiger charge is -2.26. The van der Waals surface area contributed by atoms with E-state index in [1.165, 1.54) is 39.1 Å². The van der Waals surface area contributed by atoms with Crippen LogP contribution in [0.3, 0.4) is 0 Å². The van der Waals surface area contributed by atoms with Crippen molar-refractivity contribution in [3.05, 3.63) is 26.3 Å². The van der Waals surface area contributed by atoms with Crippen molar-refractivity contribution in [1.29, 1.82) is 0 Å². The maximum atomic E-state index is 3.60. The van der Waals surface area contributed by atoms with E-state index in [2.05, 4.69) is 53.0 Å². The van der Waals surface area contributed by atoms with Crippen molar-refractivity contribution in [3.63, 3.8) is 0 Å². The summed E-state index contributed by atoms with van der Waals surface area (Å²) in [5, 5.41) is 2.65. The minimum atomic E-state index is 0.403. The van der Waals surface area contributed by atoms with Gasteiger partial charge in [0.2, 0.25) is 0 Å². The van der Waals surface area contributed by atoms with E-state index in [4.69, 9.17) is 0 Å². The standard InChI is InChI=1S/C14H16BrN/c1-14(2)6-5-13-11(8-14)10-7-9(15)3-4-12(10)16-13/h4-5,7,16H,3,6,8H2,1-2H3. The lowest BCUT2D eigenvalue weighted by Crippen LogP contribution is -2.25. The number of H-pyrrole nitrogens is 1. The van der Waals surface area contributed by atoms with E-state index >= 15 is 0 Å². The Balaban J connectivity index is 2.25. The van der Waals surface area contributed by atoms with Gasteiger partial charge in [-0.3, -0.25) is 0 Å². The molecule has 1 heterocycles. The molecule has 84 valence electrons. The van der Waals surface area contributed by atoms with Crippen LogP contribution in [0.15, 0.2) is 4.48 Å². The normalized spacial score (nSPS) is 21.3. The third kappa shape index (κ3) is 1.60. The summed E-state index contributed by atoms with van der Waals surface area (Å²) in [5.74, 6) is 0. The maximum absolute atomic E-state index is 3.60. The van der Waals surface area contributed by atoms with Gasteiger partial charge in [-0.1, -0.05) is 41.9 Å². The van der Waals surface area contributed by atoms with Crippen LogP contribution in [-0.4, -0.2) is 4.98 Å². The van der Waals surface area contributed by atoms with Crippen LogP contribution in [0.1, 0.15) is 37.8 Å². The highest BCUT2D eigenvalue weighted by molar-refractivity contribution is 9.11. The molecule has 0 spiro atoms. The molecule has 1 aromatic rings. The second kappa shape index (κ2) is 3.36. The maximum Gasteiger partial charge on any atom is 0.0424 e. The fourth-order valence-electron chi connectivity index (χ4n) is 2.63. The van der Waals surface area contributed by atoms with Gasteiger partial charge >= 0.3 is 0 Å². The van der Waals surface area contributed by atoms with E-state index in [9.17, 15) is 0 Å². The van der Waals surface area contributed by atoms with E-state index in [1.54, 1.807) is 0 Å². The largest absolute Gasteiger partial charge is 0.355 e. The monoisotopic (exact) mass is 277 g/mol. The van der Waals surface area contributed by atoms with Crippen LogP contribution in [0, 0.1) is 5.41 Å². The van der Waals surface area contributed by atoms with Crippen LogP contribution in [-0.2, 0) is 6.42 Å². The zero-order valence-corrected chi connectivity index (χ0v) is 11.3. The Morgan fingerprint density at radius 1 is 1.25 bits per heavy atom. The Bertz CT molecular complexity index is 587. The Kier molecular flexibility index (Phi) is 2.19. The van der Waals surface area contributed by atoms with E-state index in [-0.39, 0.29) is 0 Å². The summed E-state index contributed by atoms with van der Waals surface area (Å²) in [6, 6.07) is 0. The number of hydrogen-bond donors (Lipinski definition) is 1. The zero-order chi connectivity index (χ0) is 11.3. The third-order valence-corrected chi connectivity index (χ3v) is 4.08. The number of fused-ring (bicyclic) bond motifs is 3. The van der Waals surface area contributed by atoms with Crippen LogP contribution < -0.4 is 10.7 Å². The van der Waals surface area contributed by atoms with Gasteiger partial charge in [0.05, 0.1) is 0 Å². The molecular weight excluding hydrogens is 262 g/mol. The fourth-order valence-corrected chi connectivity index (χ4v) is 3.02. The fraction of sp³-hybridized carbons (Fsp3) is 0.429. The molecule has 0 fully saturated rings. The van der Waals surface area contributed by atoms with Crippen molar-refractivity contribution < 1.29 is 0 Å². The summed E-state index contributed by atoms with van der Waals surface area (Å²) in [6.07, 6.45) is 10.3. The second-order valence-electron chi connectivity index (χ2n) is 5.59. The summed E-state index contributed by atoms with van der Waals surface area (Å²) in [7, 11) is 0. The van der Waals surface area contributed by atoms with Gasteiger partial charge in [-0.25, -0.2) is 0 Å². The molecule has 0 unspecified atom stereocenters. The average Bonchev–Trinajstić information content (AvgIpc) is 2.55. The van der Waals surface area contributed by atoms with Gasteiger partial charge in [0.25, 0.3) is 0 Å². The van der Waals surface area contributed by atoms with Crippen molar-refractivity contribution in [2.24, 2.45) is 5.41 Å². The average molecular weight is 278 g/mol. The number of rotatable bonds is 0. The first-order chi connectivity index (χ1) is 7.55. The highest BCUT2D eigenvalue weighted by Gasteiger charge is 2.24. The van der Waals surface area contributed by atoms with Gasteiger partial charge in [-0.2, -0.15) is 0 Å². The molecule has 2 heteroatoms. The van der Waals surface area contributed by atoms with E-state index in [0.717, 1.165) is 6.42 Å². The lowest BCUT2D eigenvalue weighted by molar-refractivity contribution is 0.370. The molecule has 1 nitrogen and oxygen atoms in total. The lowest BCUT2D eigenvalue weighted by atomic mass is 9.79. The zero-order valence-electron chi connectivity index (χ0n) is 9.73. The molecule has 0 radical (unpaired) electrons. The molecule has 0 atom stereocenters. The van der Waals surface area contributed by atoms with E-state index < -0.39 is 0 Å². The summed E-state index contributed by atoms with van der Waals surface area (Å²) < 4.78 is 1.28. The van der Waals surface area contributed by atoms with Crippen molar-refractivity contribution in [1.82, 2.24) is 4.98 Å². The molecule has 0 aliphatic heterocycles. The van der Waals surface area contributed by atoms with Gasteiger partial charge in [-0.15, -0.1) is 0 Å². The first kappa shape index (κ1) is 10.4. The molecule has 0 aromatic carbocycles. The summed E-state index contributed by atoms with van der Waals surface area (Å²) in [6.45, 7) is 4.69. The number of hydrogen-bond acceptors (Lipinski definition) is 0. The summed E-state index contributed by atoms with van der Waals surface area (Å²) >= 11 is 3.60. The van der Waals surface area contributed by atoms with Crippen LogP contribution in [0.25, 0.3) is 18.2 Å². The van der Waals surface area contributed by atoms with Crippen molar-refractivity contribution >= 4 is 34.2 Å². The Morgan fingerprint density at radius 3 is 2.88 bits per heavy atom. The minimum absolute atomic E-state index is 0.403. The minimum Gasteiger partial charge on any atom is -0.355 e. The van der Waals surface area contributed by atoms with Crippen molar-refractivity contribution in [2.45, 2.75) is 33.1 Å². The molecule has 0 amide bonds. The topological polar surface area (TPSA) is 15.8 Å². The summed E-state index contributed by atoms with van der Waals surface area (Å²) in [4.78, 5) is 3.54. The Labute approximate surface area is 104 Å². The highest BCUT2D eigenvalue weighted by atomic mass is 79.9. The SMILES string of the molecule is CC1(C)CC=c2[nH]c3c(c2C1)C=C(Br)CC=3. The van der Waals surface area contributed by atoms with Crippen molar-refractivity contribution in [2.75, 3.05) is 0 Å². The molecular formula is C14H16BrN. The Hall–Kier alpha value is -0.760. The molecule has 16 heavy (non-hydrogen) atoms. The van der Waals surface area contributed by atoms with Crippen molar-refractivity contribution in [3.8, 4) is 0 Å². The predicted molar refractivity (Wildman–Crippen MR) is 72.6 cm³/mol. The first-order valence-corrected chi connectivity index (χ1v) is 6.62. The predicted octanol–water partition coefficient (Wildman–Crippen LogP) is 2.69. The van der Waals surface area contributed by atoms with Gasteiger partial charge in [0.1, 0.15) is 0 Å². The van der Waals surface area contributed by atoms with E-state index in [0.29, 0.717) is 5.41 Å². The molecule has 2 aliphatic carbocycles. The quantitative estimate of drug-likeness (QED) is 0.751. The second-order valence-corrected chi connectivity index (χ2v) is 6.61. The number of halogens is 1. The Morgan fingerprint density at radius 2 is 2.06 bits per heavy atom. The molecule has 1 aromatic heterocycles. The molecule has 3 rings (SSSR count). The van der Waals surface area contributed by atoms with Gasteiger partial charge in [0.15, 0.2) is 0 Å². The van der Waals surface area contributed by atoms with Gasteiger partial charge in [0, 0.05) is 16.3 Å². The molecule has 1 N–H and O–H groups in total. The molecule has 2 aliphatic rings. The van der Waals surface area contributed by atoms with Crippen LogP contribution >= 0.6 is 15.9 Å². The first-order valence-electron chi connectivity index (χ1n) is 5.82. The summed E-state index contributed by atoms with van der Waals surface area (Å²) in [5.41, 5.74) is 3.30. The molecule has 0 saturated carbocycles. The highest BCUT2D eigenvalue weighted by Crippen LogP contribution is 2.30. The van der Waals surface area contributed by atoms with E-state index in [1.807, 2.05) is 0 Å². The molecule has 0 bridgehead atoms. The number of nitrogens with one attached hydrogen (secondary N) is 1. The third-order valence-electron chi connectivity index (χ3n) is 3.53. The number of allylic oxidation sites excluding steroid dienone is 1. The van der Waals surface area contributed by atoms with Crippen LogP contribution in [0.4, 0.5) is 0 Å². The van der Waals surface area contributed by atoms with Gasteiger partial charge in [-0.05, 0) is 40.8 Å². The van der Waals surface area contributed by atoms with Gasteiger partial charge < -0.3 is 4.98 Å². The number of aromatic amines is 1. The van der Waals surface area contributed by atoms with Crippen LogP contribution in [0.5, 0.6) is 0 Å².